The van der Waals surface area contributed by atoms with Gasteiger partial charge in [0.25, 0.3) is 0 Å². The number of hydrogen-bond donors (Lipinski definition) is 3. The number of aliphatic hydroxyl groups excluding tert-OH is 2. The maximum atomic E-state index is 12.8. The van der Waals surface area contributed by atoms with E-state index in [1.54, 1.807) is 0 Å². The predicted octanol–water partition coefficient (Wildman–Crippen LogP) is 6.21. The van der Waals surface area contributed by atoms with Gasteiger partial charge in [0, 0.05) is 5.41 Å². The van der Waals surface area contributed by atoms with Crippen molar-refractivity contribution in [2.24, 2.45) is 50.2 Å². The first-order chi connectivity index (χ1) is 15.7. The first kappa shape index (κ1) is 24.8. The molecule has 3 N–H and O–H groups in total. The molecule has 0 aliphatic heterocycles. The molecule has 0 aromatic rings. The molecule has 5 rings (SSSR count). The summed E-state index contributed by atoms with van der Waals surface area (Å²) in [6, 6.07) is 0. The number of aliphatic hydroxyl groups is 2. The molecule has 0 bridgehead atoms. The normalized spacial score (nSPS) is 54.1. The lowest BCUT2D eigenvalue weighted by atomic mass is 9.33. The number of hydrogen-bond acceptors (Lipinski definition) is 3. The molecular weight excluding hydrogens is 424 g/mol. The van der Waals surface area contributed by atoms with Gasteiger partial charge in [0.2, 0.25) is 0 Å². The highest BCUT2D eigenvalue weighted by molar-refractivity contribution is 5.76. The highest BCUT2D eigenvalue weighted by Crippen LogP contribution is 2.75. The van der Waals surface area contributed by atoms with E-state index in [9.17, 15) is 20.1 Å². The summed E-state index contributed by atoms with van der Waals surface area (Å²) in [5.74, 6) is 0.395. The maximum absolute atomic E-state index is 12.8. The van der Waals surface area contributed by atoms with Crippen LogP contribution in [0.2, 0.25) is 0 Å². The number of carbonyl (C=O) groups is 1. The Balaban J connectivity index is 1.60. The Morgan fingerprint density at radius 2 is 1.62 bits per heavy atom. The largest absolute Gasteiger partial charge is 0.481 e. The van der Waals surface area contributed by atoms with Gasteiger partial charge in [-0.15, -0.1) is 0 Å². The van der Waals surface area contributed by atoms with Gasteiger partial charge in [0.1, 0.15) is 0 Å². The van der Waals surface area contributed by atoms with Crippen LogP contribution in [0.3, 0.4) is 0 Å². The van der Waals surface area contributed by atoms with Gasteiger partial charge in [0.15, 0.2) is 0 Å². The summed E-state index contributed by atoms with van der Waals surface area (Å²) in [7, 11) is 0. The van der Waals surface area contributed by atoms with Crippen LogP contribution in [-0.2, 0) is 4.79 Å². The van der Waals surface area contributed by atoms with Crippen LogP contribution in [0.25, 0.3) is 0 Å². The first-order valence-corrected chi connectivity index (χ1v) is 13.9. The number of allylic oxidation sites excluding steroid dienone is 2. The molecule has 9 atom stereocenters. The molecule has 1 unspecified atom stereocenters. The molecule has 4 fully saturated rings. The third kappa shape index (κ3) is 2.88. The molecule has 5 aliphatic carbocycles. The molecule has 34 heavy (non-hydrogen) atoms. The predicted molar refractivity (Wildman–Crippen MR) is 134 cm³/mol. The highest BCUT2D eigenvalue weighted by Gasteiger charge is 2.69. The third-order valence-electron chi connectivity index (χ3n) is 13.2. The van der Waals surface area contributed by atoms with Crippen molar-refractivity contribution in [1.29, 1.82) is 0 Å². The van der Waals surface area contributed by atoms with Crippen LogP contribution >= 0.6 is 0 Å². The Labute approximate surface area is 206 Å². The molecule has 0 aromatic carbocycles. The number of carboxylic acids is 1. The van der Waals surface area contributed by atoms with Crippen molar-refractivity contribution in [1.82, 2.24) is 0 Å². The molecular formula is C30H48O4. The zero-order valence-electron chi connectivity index (χ0n) is 22.4. The quantitative estimate of drug-likeness (QED) is 0.418. The molecule has 0 saturated heterocycles. The Morgan fingerprint density at radius 3 is 2.26 bits per heavy atom. The second-order valence-corrected chi connectivity index (χ2v) is 14.9. The molecule has 5 aliphatic rings. The van der Waals surface area contributed by atoms with Crippen LogP contribution in [0.5, 0.6) is 0 Å². The van der Waals surface area contributed by atoms with Crippen molar-refractivity contribution in [3.63, 3.8) is 0 Å². The van der Waals surface area contributed by atoms with Crippen molar-refractivity contribution in [3.8, 4) is 0 Å². The summed E-state index contributed by atoms with van der Waals surface area (Å²) in [5.41, 5.74) is 0.858. The summed E-state index contributed by atoms with van der Waals surface area (Å²) >= 11 is 0. The van der Waals surface area contributed by atoms with Gasteiger partial charge in [0.05, 0.1) is 18.1 Å². The average molecular weight is 473 g/mol. The van der Waals surface area contributed by atoms with E-state index >= 15 is 0 Å². The van der Waals surface area contributed by atoms with E-state index < -0.39 is 22.9 Å². The van der Waals surface area contributed by atoms with E-state index in [1.807, 2.05) is 0 Å². The Hall–Kier alpha value is -0.870. The van der Waals surface area contributed by atoms with Crippen LogP contribution in [-0.4, -0.2) is 34.0 Å². The van der Waals surface area contributed by atoms with Gasteiger partial charge in [-0.2, -0.15) is 0 Å². The van der Waals surface area contributed by atoms with Crippen molar-refractivity contribution < 1.29 is 20.1 Å². The molecule has 0 heterocycles. The SMILES string of the molecule is CC1(C)CC[C@]2(C(=O)O)CC[C@]3(C)C(=CC[C@@H]4[C@@]5(C)CCC(O)[C@](C)(CO)[C@@H]5CC[C@]43C)[C@@H]2C1. The van der Waals surface area contributed by atoms with Gasteiger partial charge in [-0.05, 0) is 104 Å². The summed E-state index contributed by atoms with van der Waals surface area (Å²) in [6.07, 6.45) is 11.6. The van der Waals surface area contributed by atoms with Crippen molar-refractivity contribution in [2.45, 2.75) is 112 Å². The summed E-state index contributed by atoms with van der Waals surface area (Å²) in [5, 5.41) is 31.8. The fourth-order valence-corrected chi connectivity index (χ4v) is 10.7. The zero-order valence-corrected chi connectivity index (χ0v) is 22.4. The van der Waals surface area contributed by atoms with Crippen molar-refractivity contribution in [2.75, 3.05) is 6.61 Å². The lowest BCUT2D eigenvalue weighted by Crippen LogP contribution is -2.65. The second kappa shape index (κ2) is 7.34. The number of carboxylic acid groups (broad SMARTS) is 1. The lowest BCUT2D eigenvalue weighted by molar-refractivity contribution is -0.216. The first-order valence-electron chi connectivity index (χ1n) is 13.9. The lowest BCUT2D eigenvalue weighted by Gasteiger charge is -2.71. The van der Waals surface area contributed by atoms with Gasteiger partial charge < -0.3 is 15.3 Å². The molecule has 0 amide bonds. The van der Waals surface area contributed by atoms with Crippen molar-refractivity contribution >= 4 is 5.97 Å². The third-order valence-corrected chi connectivity index (χ3v) is 13.2. The number of aliphatic carboxylic acids is 1. The molecule has 0 aromatic heterocycles. The average Bonchev–Trinajstić information content (AvgIpc) is 2.76. The molecule has 4 heteroatoms. The monoisotopic (exact) mass is 472 g/mol. The second-order valence-electron chi connectivity index (χ2n) is 14.9. The number of rotatable bonds is 2. The molecule has 0 spiro atoms. The molecule has 192 valence electrons. The maximum Gasteiger partial charge on any atom is 0.310 e. The number of fused-ring (bicyclic) bond motifs is 7. The van der Waals surface area contributed by atoms with E-state index in [4.69, 9.17) is 0 Å². The molecule has 4 saturated carbocycles. The minimum Gasteiger partial charge on any atom is -0.481 e. The minimum atomic E-state index is -0.588. The fraction of sp³-hybridized carbons (Fsp3) is 0.900. The van der Waals surface area contributed by atoms with Crippen molar-refractivity contribution in [3.05, 3.63) is 11.6 Å². The van der Waals surface area contributed by atoms with Crippen LogP contribution < -0.4 is 0 Å². The molecule has 0 radical (unpaired) electrons. The summed E-state index contributed by atoms with van der Waals surface area (Å²) in [4.78, 5) is 12.8. The van der Waals surface area contributed by atoms with E-state index in [0.717, 1.165) is 64.2 Å². The van der Waals surface area contributed by atoms with Gasteiger partial charge in [-0.3, -0.25) is 4.79 Å². The fourth-order valence-electron chi connectivity index (χ4n) is 10.7. The molecule has 4 nitrogen and oxygen atoms in total. The highest BCUT2D eigenvalue weighted by atomic mass is 16.4. The van der Waals surface area contributed by atoms with Gasteiger partial charge >= 0.3 is 5.97 Å². The Kier molecular flexibility index (Phi) is 5.36. The van der Waals surface area contributed by atoms with E-state index in [0.29, 0.717) is 11.8 Å². The standard InChI is InChI=1S/C30H48O4/c1-25(2)13-15-30(24(33)34)16-14-28(5)19(20(30)17-25)7-8-22-26(3)11-10-23(32)27(4,18-31)21(26)9-12-29(22,28)6/h7,20-23,31-32H,8-18H2,1-6H3,(H,33,34)/t20-,21+,22+,23?,26-,27+,28+,29+,30-/m0/s1. The van der Waals surface area contributed by atoms with Crippen LogP contribution in [0.15, 0.2) is 11.6 Å². The zero-order chi connectivity index (χ0) is 24.9. The van der Waals surface area contributed by atoms with Crippen LogP contribution in [0.4, 0.5) is 0 Å². The Morgan fingerprint density at radius 1 is 0.941 bits per heavy atom. The summed E-state index contributed by atoms with van der Waals surface area (Å²) < 4.78 is 0. The summed E-state index contributed by atoms with van der Waals surface area (Å²) in [6.45, 7) is 14.3. The van der Waals surface area contributed by atoms with E-state index in [1.165, 1.54) is 5.57 Å². The Bertz CT molecular complexity index is 907. The smallest absolute Gasteiger partial charge is 0.310 e. The topological polar surface area (TPSA) is 77.8 Å². The van der Waals surface area contributed by atoms with Gasteiger partial charge in [-0.25, -0.2) is 0 Å². The van der Waals surface area contributed by atoms with Crippen LogP contribution in [0.1, 0.15) is 106 Å². The van der Waals surface area contributed by atoms with Gasteiger partial charge in [-0.1, -0.05) is 53.2 Å². The van der Waals surface area contributed by atoms with E-state index in [-0.39, 0.29) is 34.2 Å². The van der Waals surface area contributed by atoms with E-state index in [2.05, 4.69) is 47.6 Å². The minimum absolute atomic E-state index is 0.0204. The van der Waals surface area contributed by atoms with Crippen LogP contribution in [0, 0.1) is 50.2 Å².